The molecule has 0 saturated carbocycles. The molecule has 6 heteroatoms. The average molecular weight is 318 g/mol. The van der Waals surface area contributed by atoms with Crippen molar-refractivity contribution < 1.29 is 4.79 Å². The fourth-order valence-electron chi connectivity index (χ4n) is 3.05. The minimum absolute atomic E-state index is 0.00748. The first-order valence-electron chi connectivity index (χ1n) is 7.74. The minimum Gasteiger partial charge on any atom is -0.375 e. The lowest BCUT2D eigenvalue weighted by molar-refractivity contribution is 0.0947. The number of nitrogens with two attached hydrogens (primary N) is 1. The van der Waals surface area contributed by atoms with Gasteiger partial charge in [-0.15, -0.1) is 0 Å². The Morgan fingerprint density at radius 2 is 2.36 bits per heavy atom. The molecule has 2 aromatic rings. The second-order valence-corrected chi connectivity index (χ2v) is 7.01. The van der Waals surface area contributed by atoms with Gasteiger partial charge in [0.05, 0.1) is 10.2 Å². The Kier molecular flexibility index (Phi) is 4.31. The number of hydrogen-bond donors (Lipinski definition) is 2. The number of nitrogens with one attached hydrogen (secondary N) is 1. The van der Waals surface area contributed by atoms with Gasteiger partial charge in [-0.2, -0.15) is 0 Å². The third-order valence-electron chi connectivity index (χ3n) is 4.33. The van der Waals surface area contributed by atoms with Crippen molar-refractivity contribution in [3.63, 3.8) is 0 Å². The number of anilines is 1. The molecule has 1 amide bonds. The molecular weight excluding hydrogens is 296 g/mol. The van der Waals surface area contributed by atoms with Crippen LogP contribution in [-0.4, -0.2) is 42.0 Å². The monoisotopic (exact) mass is 318 g/mol. The molecule has 1 aliphatic rings. The SMILES string of the molecule is CCN1CC[C@@H](CNC(=O)c2cc(C)c3nc(N)sc3c2)C1. The van der Waals surface area contributed by atoms with E-state index in [9.17, 15) is 4.79 Å². The number of thiazole rings is 1. The van der Waals surface area contributed by atoms with Crippen LogP contribution in [0.3, 0.4) is 0 Å². The molecule has 0 unspecified atom stereocenters. The highest BCUT2D eigenvalue weighted by Crippen LogP contribution is 2.27. The van der Waals surface area contributed by atoms with E-state index in [0.717, 1.165) is 48.4 Å². The molecule has 1 aromatic heterocycles. The molecular formula is C16H22N4OS. The number of carbonyl (C=O) groups excluding carboxylic acids is 1. The summed E-state index contributed by atoms with van der Waals surface area (Å²) in [6.45, 7) is 8.21. The maximum absolute atomic E-state index is 12.4. The number of hydrogen-bond acceptors (Lipinski definition) is 5. The Bertz CT molecular complexity index is 697. The van der Waals surface area contributed by atoms with E-state index in [1.165, 1.54) is 11.3 Å². The average Bonchev–Trinajstić information content (AvgIpc) is 3.10. The molecule has 118 valence electrons. The van der Waals surface area contributed by atoms with Crippen LogP contribution in [0.15, 0.2) is 12.1 Å². The van der Waals surface area contributed by atoms with Crippen molar-refractivity contribution >= 4 is 32.6 Å². The largest absolute Gasteiger partial charge is 0.375 e. The predicted octanol–water partition coefficient (Wildman–Crippen LogP) is 2.26. The van der Waals surface area contributed by atoms with E-state index in [-0.39, 0.29) is 5.91 Å². The topological polar surface area (TPSA) is 71.2 Å². The summed E-state index contributed by atoms with van der Waals surface area (Å²) in [6, 6.07) is 3.78. The zero-order valence-corrected chi connectivity index (χ0v) is 13.9. The fourth-order valence-corrected chi connectivity index (χ4v) is 3.90. The lowest BCUT2D eigenvalue weighted by Gasteiger charge is -2.14. The second-order valence-electron chi connectivity index (χ2n) is 5.95. The molecule has 2 heterocycles. The van der Waals surface area contributed by atoms with Gasteiger partial charge in [0.2, 0.25) is 0 Å². The van der Waals surface area contributed by atoms with Crippen molar-refractivity contribution in [1.82, 2.24) is 15.2 Å². The molecule has 1 fully saturated rings. The van der Waals surface area contributed by atoms with Crippen LogP contribution in [0.2, 0.25) is 0 Å². The van der Waals surface area contributed by atoms with Crippen LogP contribution in [0, 0.1) is 12.8 Å². The summed E-state index contributed by atoms with van der Waals surface area (Å²) in [5.41, 5.74) is 8.34. The number of aryl methyl sites for hydroxylation is 1. The van der Waals surface area contributed by atoms with E-state index < -0.39 is 0 Å². The van der Waals surface area contributed by atoms with E-state index in [1.54, 1.807) is 0 Å². The molecule has 0 radical (unpaired) electrons. The number of fused-ring (bicyclic) bond motifs is 1. The van der Waals surface area contributed by atoms with Gasteiger partial charge < -0.3 is 16.0 Å². The molecule has 1 atom stereocenters. The summed E-state index contributed by atoms with van der Waals surface area (Å²) in [5, 5.41) is 3.61. The standard InChI is InChI=1S/C16H22N4OS/c1-3-20-5-4-11(9-20)8-18-15(21)12-6-10(2)14-13(7-12)22-16(17)19-14/h6-7,11H,3-5,8-9H2,1-2H3,(H2,17,19)(H,18,21)/t11-/m0/s1. The number of nitrogen functional groups attached to an aromatic ring is 1. The maximum Gasteiger partial charge on any atom is 0.251 e. The van der Waals surface area contributed by atoms with Crippen molar-refractivity contribution in [3.05, 3.63) is 23.3 Å². The Morgan fingerprint density at radius 3 is 3.09 bits per heavy atom. The van der Waals surface area contributed by atoms with Crippen LogP contribution in [0.1, 0.15) is 29.3 Å². The van der Waals surface area contributed by atoms with E-state index in [2.05, 4.69) is 22.1 Å². The lowest BCUT2D eigenvalue weighted by atomic mass is 10.1. The fraction of sp³-hybridized carbons (Fsp3) is 0.500. The van der Waals surface area contributed by atoms with Crippen LogP contribution in [0.4, 0.5) is 5.13 Å². The maximum atomic E-state index is 12.4. The van der Waals surface area contributed by atoms with E-state index in [4.69, 9.17) is 5.73 Å². The smallest absolute Gasteiger partial charge is 0.251 e. The predicted molar refractivity (Wildman–Crippen MR) is 91.3 cm³/mol. The lowest BCUT2D eigenvalue weighted by Crippen LogP contribution is -2.31. The van der Waals surface area contributed by atoms with Crippen LogP contribution in [-0.2, 0) is 0 Å². The number of benzene rings is 1. The molecule has 3 N–H and O–H groups in total. The molecule has 22 heavy (non-hydrogen) atoms. The zero-order chi connectivity index (χ0) is 15.7. The highest BCUT2D eigenvalue weighted by Gasteiger charge is 2.21. The highest BCUT2D eigenvalue weighted by atomic mass is 32.1. The molecule has 0 bridgehead atoms. The van der Waals surface area contributed by atoms with Gasteiger partial charge in [-0.3, -0.25) is 4.79 Å². The van der Waals surface area contributed by atoms with Gasteiger partial charge in [0.25, 0.3) is 5.91 Å². The normalized spacial score (nSPS) is 18.9. The number of carbonyl (C=O) groups is 1. The summed E-state index contributed by atoms with van der Waals surface area (Å²) in [7, 11) is 0. The first-order valence-corrected chi connectivity index (χ1v) is 8.55. The number of aromatic nitrogens is 1. The van der Waals surface area contributed by atoms with Crippen LogP contribution in [0.25, 0.3) is 10.2 Å². The minimum atomic E-state index is -0.00748. The number of nitrogens with zero attached hydrogens (tertiary/aromatic N) is 2. The summed E-state index contributed by atoms with van der Waals surface area (Å²) in [6.07, 6.45) is 1.16. The Hall–Kier alpha value is -1.66. The van der Waals surface area contributed by atoms with Crippen molar-refractivity contribution in [2.75, 3.05) is 31.9 Å². The number of amides is 1. The van der Waals surface area contributed by atoms with Crippen molar-refractivity contribution in [3.8, 4) is 0 Å². The first kappa shape index (κ1) is 15.2. The Morgan fingerprint density at radius 1 is 1.55 bits per heavy atom. The third-order valence-corrected chi connectivity index (χ3v) is 5.16. The molecule has 0 spiro atoms. The zero-order valence-electron chi connectivity index (χ0n) is 13.1. The Labute approximate surface area is 134 Å². The van der Waals surface area contributed by atoms with Crippen molar-refractivity contribution in [1.29, 1.82) is 0 Å². The summed E-state index contributed by atoms with van der Waals surface area (Å²) >= 11 is 1.42. The van der Waals surface area contributed by atoms with Gasteiger partial charge >= 0.3 is 0 Å². The van der Waals surface area contributed by atoms with E-state index in [0.29, 0.717) is 16.6 Å². The van der Waals surface area contributed by atoms with Gasteiger partial charge in [-0.25, -0.2) is 4.98 Å². The van der Waals surface area contributed by atoms with E-state index in [1.807, 2.05) is 19.1 Å². The number of likely N-dealkylation sites (tertiary alicyclic amines) is 1. The van der Waals surface area contributed by atoms with Gasteiger partial charge in [0.15, 0.2) is 5.13 Å². The van der Waals surface area contributed by atoms with Gasteiger partial charge in [-0.1, -0.05) is 18.3 Å². The summed E-state index contributed by atoms with van der Waals surface area (Å²) in [4.78, 5) is 19.1. The molecule has 1 aromatic carbocycles. The molecule has 3 rings (SSSR count). The third kappa shape index (κ3) is 3.08. The summed E-state index contributed by atoms with van der Waals surface area (Å²) < 4.78 is 0.973. The highest BCUT2D eigenvalue weighted by molar-refractivity contribution is 7.22. The molecule has 1 saturated heterocycles. The van der Waals surface area contributed by atoms with Crippen molar-refractivity contribution in [2.45, 2.75) is 20.3 Å². The van der Waals surface area contributed by atoms with Crippen LogP contribution >= 0.6 is 11.3 Å². The van der Waals surface area contributed by atoms with Crippen LogP contribution in [0.5, 0.6) is 0 Å². The Balaban J connectivity index is 1.67. The first-order chi connectivity index (χ1) is 10.6. The van der Waals surface area contributed by atoms with Gasteiger partial charge in [0.1, 0.15) is 0 Å². The van der Waals surface area contributed by atoms with Crippen LogP contribution < -0.4 is 11.1 Å². The van der Waals surface area contributed by atoms with E-state index >= 15 is 0 Å². The second kappa shape index (κ2) is 6.22. The molecule has 0 aliphatic carbocycles. The summed E-state index contributed by atoms with van der Waals surface area (Å²) in [5.74, 6) is 0.555. The number of rotatable bonds is 4. The molecule has 1 aliphatic heterocycles. The quantitative estimate of drug-likeness (QED) is 0.907. The van der Waals surface area contributed by atoms with Gasteiger partial charge in [0, 0.05) is 18.7 Å². The molecule has 5 nitrogen and oxygen atoms in total. The van der Waals surface area contributed by atoms with Crippen molar-refractivity contribution in [2.24, 2.45) is 5.92 Å². The van der Waals surface area contributed by atoms with Gasteiger partial charge in [-0.05, 0) is 50.0 Å².